The van der Waals surface area contributed by atoms with Gasteiger partial charge >= 0.3 is 0 Å². The van der Waals surface area contributed by atoms with Crippen LogP contribution in [0.1, 0.15) is 38.2 Å². The van der Waals surface area contributed by atoms with Gasteiger partial charge in [0, 0.05) is 5.02 Å². The Morgan fingerprint density at radius 2 is 1.63 bits per heavy atom. The summed E-state index contributed by atoms with van der Waals surface area (Å²) in [5.41, 5.74) is 0.902. The molecular weight excluding hydrogens is 324 g/mol. The lowest BCUT2D eigenvalue weighted by Crippen LogP contribution is -2.15. The largest absolute Gasteiger partial charge is 0.317 e. The molecule has 0 aliphatic heterocycles. The van der Waals surface area contributed by atoms with Crippen LogP contribution in [0.5, 0.6) is 0 Å². The van der Waals surface area contributed by atoms with E-state index in [2.05, 4.69) is 12.2 Å². The Bertz CT molecular complexity index is 407. The molecule has 1 aromatic rings. The first kappa shape index (κ1) is 17.4. The number of rotatable bonds is 8. The number of benzene rings is 1. The number of hydrogen-bond acceptors (Lipinski definition) is 1. The predicted octanol–water partition coefficient (Wildman–Crippen LogP) is 6.01. The topological polar surface area (TPSA) is 12.0 Å². The number of unbranched alkanes of at least 4 members (excludes halogenated alkanes) is 2. The second-order valence-corrected chi connectivity index (χ2v) is 6.08. The average Bonchev–Trinajstić information content (AvgIpc) is 2.38. The molecule has 5 heteroatoms. The molecule has 0 heterocycles. The van der Waals surface area contributed by atoms with Crippen LogP contribution in [0.25, 0.3) is 0 Å². The second kappa shape index (κ2) is 9.31. The van der Waals surface area contributed by atoms with Crippen molar-refractivity contribution >= 4 is 46.4 Å². The Balaban J connectivity index is 2.39. The van der Waals surface area contributed by atoms with E-state index in [1.165, 1.54) is 6.42 Å². The quantitative estimate of drug-likeness (QED) is 0.346. The lowest BCUT2D eigenvalue weighted by Gasteiger charge is -2.10. The van der Waals surface area contributed by atoms with Crippen LogP contribution in [-0.2, 0) is 6.42 Å². The van der Waals surface area contributed by atoms with Gasteiger partial charge in [0.05, 0.1) is 15.1 Å². The lowest BCUT2D eigenvalue weighted by atomic mass is 10.1. The molecule has 19 heavy (non-hydrogen) atoms. The highest BCUT2D eigenvalue weighted by Gasteiger charge is 2.13. The Hall–Kier alpha value is 0.340. The fourth-order valence-electron chi connectivity index (χ4n) is 1.86. The summed E-state index contributed by atoms with van der Waals surface area (Å²) in [6.45, 7) is 4.32. The van der Waals surface area contributed by atoms with Gasteiger partial charge < -0.3 is 5.32 Å². The van der Waals surface area contributed by atoms with E-state index >= 15 is 0 Å². The summed E-state index contributed by atoms with van der Waals surface area (Å²) in [4.78, 5) is 0. The van der Waals surface area contributed by atoms with Crippen molar-refractivity contribution in [3.8, 4) is 0 Å². The third-order valence-electron chi connectivity index (χ3n) is 2.92. The first-order valence-electron chi connectivity index (χ1n) is 6.60. The molecule has 108 valence electrons. The maximum Gasteiger partial charge on any atom is 0.0782 e. The van der Waals surface area contributed by atoms with Crippen molar-refractivity contribution in [3.05, 3.63) is 31.7 Å². The molecule has 1 N–H and O–H groups in total. The molecule has 1 rings (SSSR count). The summed E-state index contributed by atoms with van der Waals surface area (Å²) in [7, 11) is 0. The number of nitrogens with one attached hydrogen (secondary N) is 1. The minimum absolute atomic E-state index is 0.396. The molecule has 0 atom stereocenters. The summed E-state index contributed by atoms with van der Waals surface area (Å²) in [6, 6.07) is 1.66. The van der Waals surface area contributed by atoms with Crippen molar-refractivity contribution in [2.75, 3.05) is 13.1 Å². The molecule has 0 aromatic heterocycles. The number of hydrogen-bond donors (Lipinski definition) is 1. The molecule has 0 radical (unpaired) electrons. The monoisotopic (exact) mass is 341 g/mol. The Morgan fingerprint density at radius 1 is 0.895 bits per heavy atom. The van der Waals surface area contributed by atoms with Gasteiger partial charge in [-0.3, -0.25) is 0 Å². The summed E-state index contributed by atoms with van der Waals surface area (Å²) in [5, 5.41) is 5.27. The van der Waals surface area contributed by atoms with E-state index in [-0.39, 0.29) is 0 Å². The van der Waals surface area contributed by atoms with Gasteiger partial charge in [0.2, 0.25) is 0 Å². The van der Waals surface area contributed by atoms with Gasteiger partial charge in [-0.25, -0.2) is 0 Å². The molecule has 1 nitrogen and oxygen atoms in total. The van der Waals surface area contributed by atoms with E-state index in [9.17, 15) is 0 Å². The van der Waals surface area contributed by atoms with Gasteiger partial charge in [0.1, 0.15) is 0 Å². The van der Waals surface area contributed by atoms with Gasteiger partial charge in [-0.2, -0.15) is 0 Å². The minimum Gasteiger partial charge on any atom is -0.317 e. The molecule has 0 bridgehead atoms. The van der Waals surface area contributed by atoms with Crippen LogP contribution in [0.2, 0.25) is 20.1 Å². The zero-order valence-corrected chi connectivity index (χ0v) is 14.1. The highest BCUT2D eigenvalue weighted by Crippen LogP contribution is 2.38. The normalized spacial score (nSPS) is 11.0. The minimum atomic E-state index is 0.396. The molecule has 0 saturated carbocycles. The Kier molecular flexibility index (Phi) is 8.52. The Labute approximate surface area is 135 Å². The molecule has 0 amide bonds. The van der Waals surface area contributed by atoms with Crippen molar-refractivity contribution in [3.63, 3.8) is 0 Å². The fourth-order valence-corrected chi connectivity index (χ4v) is 2.98. The molecule has 0 saturated heterocycles. The van der Waals surface area contributed by atoms with Gasteiger partial charge in [-0.15, -0.1) is 0 Å². The summed E-state index contributed by atoms with van der Waals surface area (Å²) in [6.07, 6.45) is 5.36. The molecular formula is C14H19Cl4N. The predicted molar refractivity (Wildman–Crippen MR) is 87.2 cm³/mol. The van der Waals surface area contributed by atoms with E-state index < -0.39 is 0 Å². The molecule has 0 aliphatic rings. The van der Waals surface area contributed by atoms with Gasteiger partial charge in [0.25, 0.3) is 0 Å². The fraction of sp³-hybridized carbons (Fsp3) is 0.571. The zero-order chi connectivity index (χ0) is 14.3. The molecule has 1 aromatic carbocycles. The van der Waals surface area contributed by atoms with Crippen LogP contribution in [-0.4, -0.2) is 13.1 Å². The molecule has 0 spiro atoms. The standard InChI is InChI=1S/C14H19Cl4N/c1-2-7-19-8-5-3-4-6-10-11(15)9-12(16)14(18)13(10)17/h9,19H,2-8H2,1H3. The van der Waals surface area contributed by atoms with E-state index in [1.807, 2.05) is 0 Å². The summed E-state index contributed by atoms with van der Waals surface area (Å²) >= 11 is 24.3. The van der Waals surface area contributed by atoms with Crippen LogP contribution in [0, 0.1) is 0 Å². The summed E-state index contributed by atoms with van der Waals surface area (Å²) in [5.74, 6) is 0. The van der Waals surface area contributed by atoms with Crippen molar-refractivity contribution in [2.45, 2.75) is 39.0 Å². The SMILES string of the molecule is CCCNCCCCCc1c(Cl)cc(Cl)c(Cl)c1Cl. The summed E-state index contributed by atoms with van der Waals surface area (Å²) < 4.78 is 0. The third-order valence-corrected chi connectivity index (χ3v) is 4.55. The highest BCUT2D eigenvalue weighted by atomic mass is 35.5. The molecule has 0 aliphatic carbocycles. The van der Waals surface area contributed by atoms with Gasteiger partial charge in [0.15, 0.2) is 0 Å². The van der Waals surface area contributed by atoms with Crippen LogP contribution < -0.4 is 5.32 Å². The smallest absolute Gasteiger partial charge is 0.0782 e. The van der Waals surface area contributed by atoms with Crippen LogP contribution in [0.15, 0.2) is 6.07 Å². The van der Waals surface area contributed by atoms with Gasteiger partial charge in [-0.1, -0.05) is 59.7 Å². The van der Waals surface area contributed by atoms with E-state index in [0.717, 1.165) is 44.3 Å². The van der Waals surface area contributed by atoms with Crippen LogP contribution in [0.3, 0.4) is 0 Å². The highest BCUT2D eigenvalue weighted by molar-refractivity contribution is 6.49. The van der Waals surface area contributed by atoms with Gasteiger partial charge in [-0.05, 0) is 50.4 Å². The molecule has 0 unspecified atom stereocenters. The first-order valence-corrected chi connectivity index (χ1v) is 8.11. The number of halogens is 4. The zero-order valence-electron chi connectivity index (χ0n) is 11.0. The third kappa shape index (κ3) is 5.69. The van der Waals surface area contributed by atoms with Crippen LogP contribution in [0.4, 0.5) is 0 Å². The molecule has 0 fully saturated rings. The van der Waals surface area contributed by atoms with Crippen molar-refractivity contribution in [1.29, 1.82) is 0 Å². The maximum absolute atomic E-state index is 6.17. The van der Waals surface area contributed by atoms with Crippen molar-refractivity contribution in [2.24, 2.45) is 0 Å². The van der Waals surface area contributed by atoms with Crippen molar-refractivity contribution in [1.82, 2.24) is 5.32 Å². The second-order valence-electron chi connectivity index (χ2n) is 4.51. The van der Waals surface area contributed by atoms with Crippen LogP contribution >= 0.6 is 46.4 Å². The van der Waals surface area contributed by atoms with E-state index in [1.54, 1.807) is 6.07 Å². The average molecular weight is 343 g/mol. The first-order chi connectivity index (χ1) is 9.07. The Morgan fingerprint density at radius 3 is 2.32 bits per heavy atom. The van der Waals surface area contributed by atoms with E-state index in [4.69, 9.17) is 46.4 Å². The lowest BCUT2D eigenvalue weighted by molar-refractivity contribution is 0.599. The van der Waals surface area contributed by atoms with E-state index in [0.29, 0.717) is 20.1 Å². The van der Waals surface area contributed by atoms with Crippen molar-refractivity contribution < 1.29 is 0 Å². The maximum atomic E-state index is 6.17.